The maximum atomic E-state index is 14.5. The molecule has 2 N–H and O–H groups in total. The lowest BCUT2D eigenvalue weighted by atomic mass is 9.92. The van der Waals surface area contributed by atoms with Crippen LogP contribution in [0.25, 0.3) is 5.57 Å². The van der Waals surface area contributed by atoms with E-state index >= 15 is 0 Å². The van der Waals surface area contributed by atoms with Gasteiger partial charge in [0.1, 0.15) is 31.4 Å². The first-order valence-electron chi connectivity index (χ1n) is 17.0. The molecule has 3 aliphatic rings. The molecule has 54 heavy (non-hydrogen) atoms. The van der Waals surface area contributed by atoms with Crippen molar-refractivity contribution in [2.24, 2.45) is 0 Å². The average Bonchev–Trinajstić information content (AvgIpc) is 3.89. The van der Waals surface area contributed by atoms with Crippen LogP contribution in [0.5, 0.6) is 23.0 Å². The molecule has 0 aromatic heterocycles. The molecule has 3 aromatic rings. The van der Waals surface area contributed by atoms with Crippen LogP contribution in [0.2, 0.25) is 5.02 Å². The summed E-state index contributed by atoms with van der Waals surface area (Å²) in [6.07, 6.45) is 1.30. The van der Waals surface area contributed by atoms with Crippen molar-refractivity contribution in [3.8, 4) is 23.0 Å². The Morgan fingerprint density at radius 2 is 1.57 bits per heavy atom. The van der Waals surface area contributed by atoms with E-state index < -0.39 is 34.7 Å². The number of hydrogen-bond acceptors (Lipinski definition) is 12. The van der Waals surface area contributed by atoms with Crippen LogP contribution < -0.4 is 18.9 Å². The van der Waals surface area contributed by atoms with Gasteiger partial charge >= 0.3 is 6.09 Å². The van der Waals surface area contributed by atoms with Gasteiger partial charge in [-0.15, -0.1) is 0 Å². The van der Waals surface area contributed by atoms with Crippen LogP contribution >= 0.6 is 11.6 Å². The summed E-state index contributed by atoms with van der Waals surface area (Å²) in [5.74, 6) is -2.86. The van der Waals surface area contributed by atoms with Gasteiger partial charge in [-0.1, -0.05) is 23.7 Å². The number of benzene rings is 3. The van der Waals surface area contributed by atoms with E-state index in [1.807, 2.05) is 0 Å². The minimum Gasteiger partial charge on any atom is -0.490 e. The van der Waals surface area contributed by atoms with E-state index in [4.69, 9.17) is 50.4 Å². The molecule has 0 saturated heterocycles. The fourth-order valence-corrected chi connectivity index (χ4v) is 6.12. The Morgan fingerprint density at radius 1 is 0.889 bits per heavy atom. The van der Waals surface area contributed by atoms with Gasteiger partial charge in [0.15, 0.2) is 28.9 Å². The maximum absolute atomic E-state index is 14.5. The number of halogens is 4. The first-order valence-corrected chi connectivity index (χ1v) is 17.4. The van der Waals surface area contributed by atoms with Gasteiger partial charge in [0, 0.05) is 47.9 Å². The number of carbonyl (C=O) groups is 2. The molecule has 1 aliphatic carbocycles. The van der Waals surface area contributed by atoms with Crippen LogP contribution in [-0.2, 0) is 25.7 Å². The number of nitrogens with zero attached hydrogens (tertiary/aromatic N) is 3. The highest BCUT2D eigenvalue weighted by atomic mass is 35.5. The molecule has 2 heterocycles. The molecule has 2 amide bonds. The molecule has 0 spiro atoms. The van der Waals surface area contributed by atoms with Crippen molar-refractivity contribution in [1.29, 1.82) is 0 Å². The Morgan fingerprint density at radius 3 is 2.28 bits per heavy atom. The lowest BCUT2D eigenvalue weighted by molar-refractivity contribution is -0.493. The minimum atomic E-state index is -1.16. The molecular formula is C36H37ClF3N3O11. The zero-order chi connectivity index (χ0) is 38.2. The van der Waals surface area contributed by atoms with Crippen molar-refractivity contribution < 1.29 is 66.4 Å². The quantitative estimate of drug-likeness (QED) is 0.127. The van der Waals surface area contributed by atoms with Crippen LogP contribution in [-0.4, -0.2) is 103 Å². The Bertz CT molecular complexity index is 1820. The third kappa shape index (κ3) is 10.0. The van der Waals surface area contributed by atoms with E-state index in [1.54, 1.807) is 41.3 Å². The number of ether oxygens (including phenoxy) is 6. The van der Waals surface area contributed by atoms with E-state index in [0.717, 1.165) is 24.0 Å². The third-order valence-corrected chi connectivity index (χ3v) is 9.00. The van der Waals surface area contributed by atoms with Crippen LogP contribution in [0.3, 0.4) is 0 Å². The number of fused-ring (bicyclic) bond motifs is 1. The van der Waals surface area contributed by atoms with E-state index in [2.05, 4.69) is 4.84 Å². The van der Waals surface area contributed by atoms with Gasteiger partial charge in [-0.05, 0) is 54.2 Å². The minimum absolute atomic E-state index is 0.0155. The highest BCUT2D eigenvalue weighted by Crippen LogP contribution is 2.40. The lowest BCUT2D eigenvalue weighted by Gasteiger charge is -2.33. The lowest BCUT2D eigenvalue weighted by Crippen LogP contribution is -2.43. The topological polar surface area (TPSA) is 149 Å². The summed E-state index contributed by atoms with van der Waals surface area (Å²) in [4.78, 5) is 35.3. The van der Waals surface area contributed by atoms with Gasteiger partial charge in [-0.2, -0.15) is 0 Å². The molecule has 18 heteroatoms. The number of amides is 2. The third-order valence-electron chi connectivity index (χ3n) is 8.64. The molecule has 1 fully saturated rings. The molecule has 6 rings (SSSR count). The largest absolute Gasteiger partial charge is 0.490 e. The van der Waals surface area contributed by atoms with Gasteiger partial charge in [-0.25, -0.2) is 22.8 Å². The predicted octanol–water partition coefficient (Wildman–Crippen LogP) is 5.76. The molecule has 14 nitrogen and oxygen atoms in total. The zero-order valence-electron chi connectivity index (χ0n) is 28.8. The van der Waals surface area contributed by atoms with Crippen molar-refractivity contribution in [2.45, 2.75) is 31.8 Å². The Kier molecular flexibility index (Phi) is 13.0. The normalized spacial score (nSPS) is 15.1. The highest BCUT2D eigenvalue weighted by molar-refractivity contribution is 6.31. The monoisotopic (exact) mass is 779 g/mol. The summed E-state index contributed by atoms with van der Waals surface area (Å²) in [5.41, 5.74) is 2.54. The van der Waals surface area contributed by atoms with Crippen LogP contribution in [0.4, 0.5) is 18.0 Å². The molecular weight excluding hydrogens is 743 g/mol. The number of rotatable bonds is 17. The second-order valence-electron chi connectivity index (χ2n) is 12.3. The second-order valence-corrected chi connectivity index (χ2v) is 12.7. The molecule has 0 unspecified atom stereocenters. The molecule has 0 atom stereocenters. The SMILES string of the molecule is O=C(OCCOCCON(O)O)N1CCC(c2ccc(OCCOc3c(F)cc(F)cc3F)cc2)=C(C(=O)N(Cc2cc3c(cc2Cl)OCO3)C2CC2)C1. The predicted molar refractivity (Wildman–Crippen MR) is 182 cm³/mol. The van der Waals surface area contributed by atoms with Gasteiger partial charge in [0.25, 0.3) is 5.91 Å². The summed E-state index contributed by atoms with van der Waals surface area (Å²) in [5, 5.41) is 17.1. The highest BCUT2D eigenvalue weighted by Gasteiger charge is 2.38. The Labute approximate surface area is 312 Å². The van der Waals surface area contributed by atoms with Crippen LogP contribution in [0.1, 0.15) is 30.4 Å². The number of carbonyl (C=O) groups excluding carboxylic acids is 2. The van der Waals surface area contributed by atoms with Crippen molar-refractivity contribution in [3.63, 3.8) is 0 Å². The maximum Gasteiger partial charge on any atom is 0.410 e. The number of hydrogen-bond donors (Lipinski definition) is 2. The summed E-state index contributed by atoms with van der Waals surface area (Å²) < 4.78 is 73.4. The van der Waals surface area contributed by atoms with Gasteiger partial charge in [0.05, 0.1) is 31.8 Å². The van der Waals surface area contributed by atoms with Gasteiger partial charge < -0.3 is 38.2 Å². The van der Waals surface area contributed by atoms with Crippen molar-refractivity contribution in [3.05, 3.63) is 87.7 Å². The zero-order valence-corrected chi connectivity index (χ0v) is 29.6. The fraction of sp³-hybridized carbons (Fsp3) is 0.389. The van der Waals surface area contributed by atoms with Gasteiger partial charge in [0.2, 0.25) is 6.79 Å². The molecule has 290 valence electrons. The second kappa shape index (κ2) is 18.0. The molecule has 0 radical (unpaired) electrons. The fourth-order valence-electron chi connectivity index (χ4n) is 5.91. The standard InChI is InChI=1S/C36H37ClF3N3O11/c37-29-18-33-32(52-21-53-33)15-23(29)19-42(25-3-4-25)35(44)28-20-41(36(45)51-11-9-48-10-14-54-43(46)47)8-7-27(28)22-1-5-26(6-2-22)49-12-13-50-34-30(39)16-24(38)17-31(34)40/h1-2,5-6,15-18,25,46-47H,3-4,7-14,19-21H2. The van der Waals surface area contributed by atoms with E-state index in [1.165, 1.54) is 4.90 Å². The van der Waals surface area contributed by atoms with Gasteiger partial charge in [-0.3, -0.25) is 15.2 Å². The van der Waals surface area contributed by atoms with E-state index in [-0.39, 0.29) is 78.0 Å². The first kappa shape index (κ1) is 38.9. The van der Waals surface area contributed by atoms with Crippen molar-refractivity contribution in [2.75, 3.05) is 59.5 Å². The molecule has 0 bridgehead atoms. The first-order chi connectivity index (χ1) is 26.1. The van der Waals surface area contributed by atoms with E-state index in [9.17, 15) is 22.8 Å². The summed E-state index contributed by atoms with van der Waals surface area (Å²) >= 11 is 6.61. The van der Waals surface area contributed by atoms with Crippen LogP contribution in [0.15, 0.2) is 54.1 Å². The summed E-state index contributed by atoms with van der Waals surface area (Å²) in [6, 6.07) is 11.4. The molecule has 2 aliphatic heterocycles. The van der Waals surface area contributed by atoms with Crippen LogP contribution in [0, 0.1) is 17.5 Å². The summed E-state index contributed by atoms with van der Waals surface area (Å²) in [7, 11) is 0. The molecule has 1 saturated carbocycles. The van der Waals surface area contributed by atoms with Crippen molar-refractivity contribution in [1.82, 2.24) is 15.2 Å². The Balaban J connectivity index is 1.15. The molecule has 3 aromatic carbocycles. The van der Waals surface area contributed by atoms with E-state index in [0.29, 0.717) is 52.0 Å². The smallest absolute Gasteiger partial charge is 0.410 e. The Hall–Kier alpha value is -4.78. The average molecular weight is 780 g/mol. The summed E-state index contributed by atoms with van der Waals surface area (Å²) in [6.45, 7) is 0.0295. The van der Waals surface area contributed by atoms with Crippen molar-refractivity contribution >= 4 is 29.2 Å².